The van der Waals surface area contributed by atoms with Crippen molar-refractivity contribution in [1.82, 2.24) is 4.98 Å². The Balaban J connectivity index is 2.28. The molecule has 0 saturated heterocycles. The van der Waals surface area contributed by atoms with Crippen molar-refractivity contribution < 1.29 is 4.74 Å². The lowest BCUT2D eigenvalue weighted by atomic mass is 10.0. The highest BCUT2D eigenvalue weighted by Crippen LogP contribution is 2.24. The number of fused-ring (bicyclic) bond motifs is 1. The maximum atomic E-state index is 12.8. The molecule has 0 spiro atoms. The number of hydrogen-bond acceptors (Lipinski definition) is 2. The molecule has 0 aliphatic heterocycles. The average molecular weight is 279 g/mol. The molecule has 3 heteroatoms. The first kappa shape index (κ1) is 13.4. The van der Waals surface area contributed by atoms with E-state index in [0.717, 1.165) is 39.0 Å². The first-order chi connectivity index (χ1) is 10.1. The molecule has 0 aliphatic rings. The van der Waals surface area contributed by atoms with Crippen molar-refractivity contribution in [3.05, 3.63) is 63.9 Å². The van der Waals surface area contributed by atoms with E-state index >= 15 is 0 Å². The van der Waals surface area contributed by atoms with Crippen molar-refractivity contribution in [2.45, 2.75) is 13.8 Å². The quantitative estimate of drug-likeness (QED) is 0.775. The smallest absolute Gasteiger partial charge is 0.197 e. The third kappa shape index (κ3) is 2.31. The fourth-order valence-electron chi connectivity index (χ4n) is 2.63. The summed E-state index contributed by atoms with van der Waals surface area (Å²) in [6, 6.07) is 13.5. The Morgan fingerprint density at radius 3 is 2.38 bits per heavy atom. The van der Waals surface area contributed by atoms with E-state index in [9.17, 15) is 4.79 Å². The molecule has 1 N–H and O–H groups in total. The van der Waals surface area contributed by atoms with Gasteiger partial charge in [0.1, 0.15) is 5.75 Å². The van der Waals surface area contributed by atoms with Gasteiger partial charge in [0.2, 0.25) is 0 Å². The molecule has 0 amide bonds. The van der Waals surface area contributed by atoms with Gasteiger partial charge in [-0.05, 0) is 43.7 Å². The summed E-state index contributed by atoms with van der Waals surface area (Å²) in [5.74, 6) is 0.782. The van der Waals surface area contributed by atoms with Crippen LogP contribution in [-0.2, 0) is 0 Å². The van der Waals surface area contributed by atoms with Gasteiger partial charge >= 0.3 is 0 Å². The molecule has 0 fully saturated rings. The lowest BCUT2D eigenvalue weighted by Gasteiger charge is -2.09. The minimum Gasteiger partial charge on any atom is -0.497 e. The van der Waals surface area contributed by atoms with E-state index in [4.69, 9.17) is 4.74 Å². The molecule has 3 nitrogen and oxygen atoms in total. The number of rotatable bonds is 2. The number of hydrogen-bond donors (Lipinski definition) is 1. The zero-order valence-electron chi connectivity index (χ0n) is 12.4. The Morgan fingerprint density at radius 1 is 1.00 bits per heavy atom. The minimum absolute atomic E-state index is 0.0649. The van der Waals surface area contributed by atoms with Crippen molar-refractivity contribution >= 4 is 10.9 Å². The molecule has 0 bridgehead atoms. The second-order valence-electron chi connectivity index (χ2n) is 5.23. The van der Waals surface area contributed by atoms with Crippen LogP contribution in [0.1, 0.15) is 11.3 Å². The maximum absolute atomic E-state index is 12.8. The van der Waals surface area contributed by atoms with Gasteiger partial charge in [0.15, 0.2) is 5.43 Å². The van der Waals surface area contributed by atoms with Crippen molar-refractivity contribution in [1.29, 1.82) is 0 Å². The number of aromatic nitrogens is 1. The van der Waals surface area contributed by atoms with Gasteiger partial charge in [0.05, 0.1) is 7.11 Å². The fourth-order valence-corrected chi connectivity index (χ4v) is 2.63. The maximum Gasteiger partial charge on any atom is 0.197 e. The number of methoxy groups -OCH3 is 1. The van der Waals surface area contributed by atoms with Gasteiger partial charge in [-0.3, -0.25) is 4.79 Å². The Labute approximate surface area is 123 Å². The molecule has 106 valence electrons. The summed E-state index contributed by atoms with van der Waals surface area (Å²) in [5.41, 5.74) is 4.52. The van der Waals surface area contributed by atoms with Gasteiger partial charge in [0.25, 0.3) is 0 Å². The third-order valence-corrected chi connectivity index (χ3v) is 3.72. The molecule has 1 heterocycles. The van der Waals surface area contributed by atoms with Gasteiger partial charge < -0.3 is 9.72 Å². The number of ether oxygens (including phenoxy) is 1. The summed E-state index contributed by atoms with van der Waals surface area (Å²) in [4.78, 5) is 16.1. The Kier molecular flexibility index (Phi) is 3.26. The fraction of sp³-hybridized carbons (Fsp3) is 0.167. The van der Waals surface area contributed by atoms with Gasteiger partial charge in [-0.25, -0.2) is 0 Å². The first-order valence-electron chi connectivity index (χ1n) is 6.88. The number of H-pyrrole nitrogens is 1. The molecule has 1 aromatic heterocycles. The van der Waals surface area contributed by atoms with E-state index in [1.165, 1.54) is 0 Å². The number of nitrogens with one attached hydrogen (secondary N) is 1. The highest BCUT2D eigenvalue weighted by Gasteiger charge is 2.11. The Morgan fingerprint density at radius 2 is 1.71 bits per heavy atom. The van der Waals surface area contributed by atoms with Crippen LogP contribution in [0.3, 0.4) is 0 Å². The lowest BCUT2D eigenvalue weighted by molar-refractivity contribution is 0.415. The number of aromatic amines is 1. The van der Waals surface area contributed by atoms with Crippen molar-refractivity contribution in [2.75, 3.05) is 7.11 Å². The van der Waals surface area contributed by atoms with Crippen molar-refractivity contribution in [3.8, 4) is 16.9 Å². The van der Waals surface area contributed by atoms with Gasteiger partial charge in [-0.1, -0.05) is 23.8 Å². The van der Waals surface area contributed by atoms with Gasteiger partial charge in [-0.2, -0.15) is 0 Å². The van der Waals surface area contributed by atoms with Crippen molar-refractivity contribution in [3.63, 3.8) is 0 Å². The molecular formula is C18H17NO2. The minimum atomic E-state index is 0.0649. The molecular weight excluding hydrogens is 262 g/mol. The Bertz CT molecular complexity index is 861. The van der Waals surface area contributed by atoms with Crippen LogP contribution in [0.4, 0.5) is 0 Å². The van der Waals surface area contributed by atoms with Crippen LogP contribution in [-0.4, -0.2) is 12.1 Å². The predicted octanol–water partition coefficient (Wildman–Crippen LogP) is 3.82. The van der Waals surface area contributed by atoms with Crippen LogP contribution in [0.5, 0.6) is 5.75 Å². The zero-order chi connectivity index (χ0) is 15.0. The normalized spacial score (nSPS) is 10.8. The van der Waals surface area contributed by atoms with Gasteiger partial charge in [0, 0.05) is 22.2 Å². The monoisotopic (exact) mass is 279 g/mol. The third-order valence-electron chi connectivity index (χ3n) is 3.72. The molecule has 3 rings (SSSR count). The van der Waals surface area contributed by atoms with Crippen LogP contribution in [0.2, 0.25) is 0 Å². The average Bonchev–Trinajstić information content (AvgIpc) is 2.49. The largest absolute Gasteiger partial charge is 0.497 e. The summed E-state index contributed by atoms with van der Waals surface area (Å²) < 4.78 is 5.17. The summed E-state index contributed by atoms with van der Waals surface area (Å²) in [5, 5.41) is 0.728. The topological polar surface area (TPSA) is 42.1 Å². The highest BCUT2D eigenvalue weighted by atomic mass is 16.5. The lowest BCUT2D eigenvalue weighted by Crippen LogP contribution is -2.09. The second-order valence-corrected chi connectivity index (χ2v) is 5.23. The van der Waals surface area contributed by atoms with E-state index in [0.29, 0.717) is 0 Å². The molecule has 0 radical (unpaired) electrons. The second kappa shape index (κ2) is 5.09. The summed E-state index contributed by atoms with van der Waals surface area (Å²) in [7, 11) is 1.63. The van der Waals surface area contributed by atoms with E-state index in [1.54, 1.807) is 7.11 Å². The van der Waals surface area contributed by atoms with Crippen LogP contribution < -0.4 is 10.2 Å². The molecule has 0 saturated carbocycles. The first-order valence-corrected chi connectivity index (χ1v) is 6.88. The summed E-state index contributed by atoms with van der Waals surface area (Å²) in [6.07, 6.45) is 0. The molecule has 0 unspecified atom stereocenters. The van der Waals surface area contributed by atoms with E-state index in [1.807, 2.05) is 56.3 Å². The standard InChI is InChI=1S/C18H17NO2/c1-11-4-9-16-15(10-11)18(20)17(12(2)19-16)13-5-7-14(21-3)8-6-13/h4-10H,1-3H3,(H,19,20). The number of benzene rings is 2. The van der Waals surface area contributed by atoms with Crippen molar-refractivity contribution in [2.24, 2.45) is 0 Å². The molecule has 3 aromatic rings. The highest BCUT2D eigenvalue weighted by molar-refractivity contribution is 5.85. The van der Waals surface area contributed by atoms with Crippen LogP contribution in [0.15, 0.2) is 47.3 Å². The predicted molar refractivity (Wildman–Crippen MR) is 86.0 cm³/mol. The number of aryl methyl sites for hydroxylation is 2. The zero-order valence-corrected chi connectivity index (χ0v) is 12.4. The molecule has 0 aliphatic carbocycles. The number of pyridine rings is 1. The molecule has 2 aromatic carbocycles. The Hall–Kier alpha value is -2.55. The van der Waals surface area contributed by atoms with Crippen LogP contribution in [0.25, 0.3) is 22.0 Å². The summed E-state index contributed by atoms with van der Waals surface area (Å²) >= 11 is 0. The van der Waals surface area contributed by atoms with E-state index < -0.39 is 0 Å². The van der Waals surface area contributed by atoms with Crippen LogP contribution >= 0.6 is 0 Å². The molecule has 21 heavy (non-hydrogen) atoms. The summed E-state index contributed by atoms with van der Waals surface area (Å²) in [6.45, 7) is 3.92. The van der Waals surface area contributed by atoms with Gasteiger partial charge in [-0.15, -0.1) is 0 Å². The van der Waals surface area contributed by atoms with Crippen LogP contribution in [0, 0.1) is 13.8 Å². The van der Waals surface area contributed by atoms with E-state index in [-0.39, 0.29) is 5.43 Å². The SMILES string of the molecule is COc1ccc(-c2c(C)[nH]c3ccc(C)cc3c2=O)cc1. The van der Waals surface area contributed by atoms with E-state index in [2.05, 4.69) is 4.98 Å². The molecule has 0 atom stereocenters.